The van der Waals surface area contributed by atoms with E-state index in [1.165, 1.54) is 12.8 Å². The third kappa shape index (κ3) is 76.8. The van der Waals surface area contributed by atoms with Crippen molar-refractivity contribution in [2.75, 3.05) is 14.1 Å². The molecule has 0 spiro atoms. The number of hydrogen-bond donors (Lipinski definition) is 0. The number of hydrogen-bond acceptors (Lipinski definition) is 1. The number of rotatable bonds is 3. The fourth-order valence-electron chi connectivity index (χ4n) is 0.340. The van der Waals surface area contributed by atoms with Gasteiger partial charge in [-0.25, -0.2) is 12.2 Å². The van der Waals surface area contributed by atoms with E-state index in [-0.39, 0.29) is 46.5 Å². The van der Waals surface area contributed by atoms with Crippen LogP contribution in [0.4, 0.5) is 0 Å². The van der Waals surface area contributed by atoms with Gasteiger partial charge in [0, 0.05) is 0 Å². The molecule has 0 saturated heterocycles. The van der Waals surface area contributed by atoms with Crippen molar-refractivity contribution in [1.29, 1.82) is 0 Å². The van der Waals surface area contributed by atoms with Gasteiger partial charge in [-0.1, -0.05) is 26.7 Å². The Hall–Kier alpha value is 0.734. The quantitative estimate of drug-likeness (QED) is 0.426. The van der Waals surface area contributed by atoms with Crippen LogP contribution < -0.4 is 0 Å². The zero-order valence-corrected chi connectivity index (χ0v) is 17.7. The molecule has 0 radical (unpaired) electrons. The standard InChI is InChI=1S/C5H5.C4H10N.2C4H9.2ClH.Ti/c1-2-4-5-3-1;1-4-5(2)3;2*1-3-4-2;;;/h1-3H,4H2;4H,1-3H3;2*1,3-4H2,2H3;2*1H;/q4*-1;;;+4. The van der Waals surface area contributed by atoms with Crippen molar-refractivity contribution < 1.29 is 21.7 Å². The molecule has 0 bridgehead atoms. The molecule has 0 aromatic carbocycles. The molecule has 0 amide bonds. The summed E-state index contributed by atoms with van der Waals surface area (Å²) >= 11 is 0. The molecular weight excluding hydrogens is 337 g/mol. The average Bonchev–Trinajstić information content (AvgIpc) is 2.98. The molecule has 0 atom stereocenters. The molecule has 1 nitrogen and oxygen atoms in total. The van der Waals surface area contributed by atoms with Gasteiger partial charge in [0.2, 0.25) is 0 Å². The molecule has 0 saturated carbocycles. The Morgan fingerprint density at radius 3 is 1.48 bits per heavy atom. The van der Waals surface area contributed by atoms with Gasteiger partial charge in [0.25, 0.3) is 0 Å². The summed E-state index contributed by atoms with van der Waals surface area (Å²) in [6, 6.07) is 0. The molecule has 0 aromatic rings. The Morgan fingerprint density at radius 1 is 1.10 bits per heavy atom. The summed E-state index contributed by atoms with van der Waals surface area (Å²) in [5.74, 6) is 0. The largest absolute Gasteiger partial charge is 4.00 e. The van der Waals surface area contributed by atoms with Crippen molar-refractivity contribution in [1.82, 2.24) is 4.90 Å². The summed E-state index contributed by atoms with van der Waals surface area (Å²) in [4.78, 5) is 2.00. The van der Waals surface area contributed by atoms with E-state index in [1.54, 1.807) is 0 Å². The molecule has 0 aliphatic heterocycles. The first-order chi connectivity index (χ1) is 8.60. The molecule has 0 N–H and O–H groups in total. The number of nitrogens with zero attached hydrogens (tertiary/aromatic N) is 1. The Morgan fingerprint density at radius 2 is 1.43 bits per heavy atom. The first kappa shape index (κ1) is 37.7. The van der Waals surface area contributed by atoms with E-state index in [4.69, 9.17) is 0 Å². The minimum absolute atomic E-state index is 0. The molecule has 4 heteroatoms. The Balaban J connectivity index is -0.0000000343. The third-order valence-corrected chi connectivity index (χ3v) is 1.81. The summed E-state index contributed by atoms with van der Waals surface area (Å²) < 4.78 is 0. The van der Waals surface area contributed by atoms with Crippen LogP contribution >= 0.6 is 24.8 Å². The Kier molecular flexibility index (Phi) is 76.9. The van der Waals surface area contributed by atoms with Crippen molar-refractivity contribution in [3.8, 4) is 0 Å². The second kappa shape index (κ2) is 42.8. The fraction of sp³-hybridized carbons (Fsp3) is 0.588. The van der Waals surface area contributed by atoms with Crippen molar-refractivity contribution in [2.24, 2.45) is 0 Å². The monoisotopic (exact) mass is 371 g/mol. The minimum atomic E-state index is 0. The third-order valence-electron chi connectivity index (χ3n) is 1.81. The fourth-order valence-corrected chi connectivity index (χ4v) is 0.340. The number of unbranched alkanes of at least 4 members (excludes halogenated alkanes) is 2. The normalized spacial score (nSPS) is 9.33. The van der Waals surface area contributed by atoms with Gasteiger partial charge in [-0.15, -0.1) is 31.2 Å². The Labute approximate surface area is 162 Å². The minimum Gasteiger partial charge on any atom is -0.462 e. The van der Waals surface area contributed by atoms with Crippen LogP contribution in [0.3, 0.4) is 0 Å². The summed E-state index contributed by atoms with van der Waals surface area (Å²) in [6.45, 7) is 15.4. The van der Waals surface area contributed by atoms with Crippen molar-refractivity contribution in [3.05, 3.63) is 44.7 Å². The van der Waals surface area contributed by atoms with Crippen LogP contribution in [0, 0.1) is 26.5 Å². The van der Waals surface area contributed by atoms with E-state index in [0.717, 1.165) is 19.3 Å². The van der Waals surface area contributed by atoms with Crippen LogP contribution in [0.5, 0.6) is 0 Å². The van der Waals surface area contributed by atoms with E-state index >= 15 is 0 Å². The van der Waals surface area contributed by atoms with Crippen LogP contribution in [0.25, 0.3) is 0 Å². The second-order valence-electron chi connectivity index (χ2n) is 3.93. The van der Waals surface area contributed by atoms with Crippen molar-refractivity contribution in [2.45, 2.75) is 52.9 Å². The summed E-state index contributed by atoms with van der Waals surface area (Å²) in [5, 5.41) is 0. The van der Waals surface area contributed by atoms with Gasteiger partial charge in [-0.3, -0.25) is 12.6 Å². The van der Waals surface area contributed by atoms with E-state index in [1.807, 2.05) is 44.6 Å². The van der Waals surface area contributed by atoms with Crippen LogP contribution in [-0.4, -0.2) is 19.0 Å². The second-order valence-corrected chi connectivity index (χ2v) is 3.93. The van der Waals surface area contributed by atoms with Gasteiger partial charge >= 0.3 is 21.7 Å². The predicted molar refractivity (Wildman–Crippen MR) is 100 cm³/mol. The first-order valence-corrected chi connectivity index (χ1v) is 6.86. The maximum absolute atomic E-state index is 3.60. The first-order valence-electron chi connectivity index (χ1n) is 6.86. The summed E-state index contributed by atoms with van der Waals surface area (Å²) in [7, 11) is 4.00. The maximum atomic E-state index is 3.60. The van der Waals surface area contributed by atoms with Crippen LogP contribution in [0.15, 0.2) is 18.2 Å². The molecule has 0 heterocycles. The molecule has 1 rings (SSSR count). The molecule has 0 unspecified atom stereocenters. The van der Waals surface area contributed by atoms with Gasteiger partial charge in [0.05, 0.1) is 0 Å². The van der Waals surface area contributed by atoms with E-state index < -0.39 is 0 Å². The molecule has 21 heavy (non-hydrogen) atoms. The summed E-state index contributed by atoms with van der Waals surface area (Å²) in [5.41, 5.74) is 0. The molecule has 126 valence electrons. The van der Waals surface area contributed by atoms with Gasteiger partial charge in [0.1, 0.15) is 0 Å². The zero-order valence-electron chi connectivity index (χ0n) is 14.5. The molecule has 0 aromatic heterocycles. The maximum Gasteiger partial charge on any atom is 4.00 e. The van der Waals surface area contributed by atoms with Gasteiger partial charge in [-0.05, 0) is 14.1 Å². The van der Waals surface area contributed by atoms with E-state index in [2.05, 4.69) is 39.8 Å². The van der Waals surface area contributed by atoms with Crippen LogP contribution in [-0.2, 0) is 21.7 Å². The number of allylic oxidation sites excluding steroid dienone is 4. The van der Waals surface area contributed by atoms with E-state index in [9.17, 15) is 0 Å². The van der Waals surface area contributed by atoms with Gasteiger partial charge in [-0.2, -0.15) is 25.8 Å². The molecule has 1 aliphatic carbocycles. The smallest absolute Gasteiger partial charge is 0.462 e. The molecular formula is C17H35Cl2NTi. The number of halogens is 2. The zero-order chi connectivity index (χ0) is 14.6. The molecule has 0 fully saturated rings. The SMILES string of the molecule is C[CH-]N(C)C.Cl.Cl.[C-]1=CC=CC1.[CH2-]CCC.[CH2-]CCC.[Ti+4]. The van der Waals surface area contributed by atoms with Gasteiger partial charge in [0.15, 0.2) is 0 Å². The molecule has 1 aliphatic rings. The van der Waals surface area contributed by atoms with Crippen molar-refractivity contribution >= 4 is 24.8 Å². The topological polar surface area (TPSA) is 3.24 Å². The summed E-state index contributed by atoms with van der Waals surface area (Å²) in [6.07, 6.45) is 14.6. The van der Waals surface area contributed by atoms with Crippen LogP contribution in [0.2, 0.25) is 0 Å². The van der Waals surface area contributed by atoms with Crippen molar-refractivity contribution in [3.63, 3.8) is 0 Å². The Bertz CT molecular complexity index is 154. The van der Waals surface area contributed by atoms with E-state index in [0.29, 0.717) is 0 Å². The van der Waals surface area contributed by atoms with Gasteiger partial charge < -0.3 is 18.7 Å². The van der Waals surface area contributed by atoms with Crippen LogP contribution in [0.1, 0.15) is 52.9 Å². The predicted octanol–water partition coefficient (Wildman–Crippen LogP) is 6.12. The average molecular weight is 372 g/mol.